The van der Waals surface area contributed by atoms with E-state index >= 15 is 0 Å². The van der Waals surface area contributed by atoms with Crippen molar-refractivity contribution in [1.82, 2.24) is 4.98 Å². The van der Waals surface area contributed by atoms with Crippen molar-refractivity contribution in [1.29, 1.82) is 0 Å². The summed E-state index contributed by atoms with van der Waals surface area (Å²) >= 11 is 0. The van der Waals surface area contributed by atoms with Gasteiger partial charge in [0, 0.05) is 16.7 Å². The zero-order chi connectivity index (χ0) is 18.1. The molecule has 2 nitrogen and oxygen atoms in total. The molecule has 27 heavy (non-hydrogen) atoms. The Kier molecular flexibility index (Phi) is 3.80. The summed E-state index contributed by atoms with van der Waals surface area (Å²) < 4.78 is 6.34. The van der Waals surface area contributed by atoms with Crippen molar-refractivity contribution in [3.8, 4) is 34.0 Å². The molecule has 4 aromatic carbocycles. The van der Waals surface area contributed by atoms with Crippen LogP contribution in [0.1, 0.15) is 0 Å². The molecule has 0 aliphatic carbocycles. The molecule has 0 N–H and O–H groups in total. The molecule has 5 rings (SSSR count). The first-order chi connectivity index (χ1) is 13.4. The fraction of sp³-hybridized carbons (Fsp3) is 0. The fourth-order valence-electron chi connectivity index (χ4n) is 3.42. The zero-order valence-corrected chi connectivity index (χ0v) is 14.7. The van der Waals surface area contributed by atoms with Crippen LogP contribution in [0.15, 0.2) is 108 Å². The smallest absolute Gasteiger partial charge is 0.227 e. The van der Waals surface area contributed by atoms with Crippen molar-refractivity contribution in [3.63, 3.8) is 0 Å². The van der Waals surface area contributed by atoms with Gasteiger partial charge in [-0.25, -0.2) is 4.98 Å². The fourth-order valence-corrected chi connectivity index (χ4v) is 3.42. The summed E-state index contributed by atoms with van der Waals surface area (Å²) in [5.74, 6) is 1.44. The van der Waals surface area contributed by atoms with E-state index in [2.05, 4.69) is 48.5 Å². The largest absolute Gasteiger partial charge is 0.435 e. The molecule has 0 aliphatic rings. The standard InChI is InChI=1S/C25H17NO/c1-3-11-19(12-4-1)23-24(20-13-5-2-6-14-20)27-25(26-23)22-17-9-15-18-10-7-8-16-21(18)22/h1-17H. The van der Waals surface area contributed by atoms with Gasteiger partial charge in [-0.15, -0.1) is 0 Å². The minimum atomic E-state index is 0.643. The highest BCUT2D eigenvalue weighted by atomic mass is 16.4. The summed E-state index contributed by atoms with van der Waals surface area (Å²) in [6.07, 6.45) is 0. The molecule has 1 heterocycles. The summed E-state index contributed by atoms with van der Waals surface area (Å²) in [4.78, 5) is 4.91. The van der Waals surface area contributed by atoms with Crippen molar-refractivity contribution in [2.24, 2.45) is 0 Å². The number of nitrogens with zero attached hydrogens (tertiary/aromatic N) is 1. The third kappa shape index (κ3) is 2.81. The quantitative estimate of drug-likeness (QED) is 0.357. The average molecular weight is 347 g/mol. The van der Waals surface area contributed by atoms with Crippen molar-refractivity contribution in [3.05, 3.63) is 103 Å². The monoisotopic (exact) mass is 347 g/mol. The highest BCUT2D eigenvalue weighted by Gasteiger charge is 2.18. The Bertz CT molecular complexity index is 1140. The number of fused-ring (bicyclic) bond motifs is 1. The molecule has 2 heteroatoms. The van der Waals surface area contributed by atoms with Crippen LogP contribution in [0.2, 0.25) is 0 Å². The maximum Gasteiger partial charge on any atom is 0.227 e. The number of rotatable bonds is 3. The van der Waals surface area contributed by atoms with Crippen molar-refractivity contribution in [2.45, 2.75) is 0 Å². The molecule has 0 fully saturated rings. The highest BCUT2D eigenvalue weighted by Crippen LogP contribution is 2.37. The van der Waals surface area contributed by atoms with E-state index in [1.165, 1.54) is 5.39 Å². The maximum absolute atomic E-state index is 6.34. The molecule has 0 spiro atoms. The van der Waals surface area contributed by atoms with Crippen LogP contribution in [0.4, 0.5) is 0 Å². The van der Waals surface area contributed by atoms with E-state index in [-0.39, 0.29) is 0 Å². The molecule has 0 radical (unpaired) electrons. The van der Waals surface area contributed by atoms with E-state index in [0.717, 1.165) is 33.5 Å². The van der Waals surface area contributed by atoms with Crippen LogP contribution in [0.25, 0.3) is 44.8 Å². The van der Waals surface area contributed by atoms with Gasteiger partial charge in [0.1, 0.15) is 5.69 Å². The van der Waals surface area contributed by atoms with E-state index in [0.29, 0.717) is 5.89 Å². The third-order valence-corrected chi connectivity index (χ3v) is 4.73. The summed E-state index contributed by atoms with van der Waals surface area (Å²) in [7, 11) is 0. The van der Waals surface area contributed by atoms with E-state index in [1.54, 1.807) is 0 Å². The normalized spacial score (nSPS) is 11.0. The lowest BCUT2D eigenvalue weighted by atomic mass is 10.0. The number of benzene rings is 4. The summed E-state index contributed by atoms with van der Waals surface area (Å²) in [6, 6.07) is 34.9. The number of aromatic nitrogens is 1. The van der Waals surface area contributed by atoms with Gasteiger partial charge in [-0.1, -0.05) is 97.1 Å². The van der Waals surface area contributed by atoms with Crippen LogP contribution in [0, 0.1) is 0 Å². The van der Waals surface area contributed by atoms with Gasteiger partial charge in [0.2, 0.25) is 5.89 Å². The minimum absolute atomic E-state index is 0.643. The molecule has 0 saturated heterocycles. The SMILES string of the molecule is c1ccc(-c2nc(-c3cccc4ccccc34)oc2-c2ccccc2)cc1. The number of oxazole rings is 1. The lowest BCUT2D eigenvalue weighted by Crippen LogP contribution is -1.83. The Hall–Kier alpha value is -3.65. The highest BCUT2D eigenvalue weighted by molar-refractivity contribution is 5.95. The molecule has 0 amide bonds. The Morgan fingerprint density at radius 1 is 0.556 bits per heavy atom. The Morgan fingerprint density at radius 2 is 1.19 bits per heavy atom. The van der Waals surface area contributed by atoms with Crippen molar-refractivity contribution < 1.29 is 4.42 Å². The van der Waals surface area contributed by atoms with Crippen LogP contribution in [-0.2, 0) is 0 Å². The molecule has 0 saturated carbocycles. The van der Waals surface area contributed by atoms with E-state index < -0.39 is 0 Å². The van der Waals surface area contributed by atoms with E-state index in [1.807, 2.05) is 54.6 Å². The second-order valence-electron chi connectivity index (χ2n) is 6.46. The molecule has 0 aliphatic heterocycles. The van der Waals surface area contributed by atoms with Crippen molar-refractivity contribution in [2.75, 3.05) is 0 Å². The van der Waals surface area contributed by atoms with Gasteiger partial charge in [0.05, 0.1) is 0 Å². The minimum Gasteiger partial charge on any atom is -0.435 e. The Morgan fingerprint density at radius 3 is 1.96 bits per heavy atom. The summed E-state index contributed by atoms with van der Waals surface area (Å²) in [5.41, 5.74) is 3.94. The second-order valence-corrected chi connectivity index (χ2v) is 6.46. The van der Waals surface area contributed by atoms with Gasteiger partial charge in [-0.2, -0.15) is 0 Å². The molecule has 0 atom stereocenters. The van der Waals surface area contributed by atoms with Gasteiger partial charge >= 0.3 is 0 Å². The number of hydrogen-bond donors (Lipinski definition) is 0. The molecule has 1 aromatic heterocycles. The first kappa shape index (κ1) is 15.6. The molecule has 0 unspecified atom stereocenters. The van der Waals surface area contributed by atoms with E-state index in [9.17, 15) is 0 Å². The lowest BCUT2D eigenvalue weighted by Gasteiger charge is -2.02. The van der Waals surface area contributed by atoms with Crippen LogP contribution in [0.3, 0.4) is 0 Å². The average Bonchev–Trinajstić information content (AvgIpc) is 3.20. The predicted octanol–water partition coefficient (Wildman–Crippen LogP) is 6.83. The first-order valence-electron chi connectivity index (χ1n) is 9.00. The van der Waals surface area contributed by atoms with Crippen LogP contribution < -0.4 is 0 Å². The third-order valence-electron chi connectivity index (χ3n) is 4.73. The van der Waals surface area contributed by atoms with Crippen LogP contribution in [0.5, 0.6) is 0 Å². The molecular weight excluding hydrogens is 330 g/mol. The molecular formula is C25H17NO. The van der Waals surface area contributed by atoms with Crippen LogP contribution >= 0.6 is 0 Å². The van der Waals surface area contributed by atoms with Gasteiger partial charge < -0.3 is 4.42 Å². The Labute approximate surface area is 157 Å². The van der Waals surface area contributed by atoms with Gasteiger partial charge in [0.25, 0.3) is 0 Å². The molecule has 128 valence electrons. The first-order valence-corrected chi connectivity index (χ1v) is 9.00. The number of hydrogen-bond acceptors (Lipinski definition) is 2. The lowest BCUT2D eigenvalue weighted by molar-refractivity contribution is 0.590. The molecule has 5 aromatic rings. The zero-order valence-electron chi connectivity index (χ0n) is 14.7. The van der Waals surface area contributed by atoms with Gasteiger partial charge in [-0.3, -0.25) is 0 Å². The second kappa shape index (κ2) is 6.58. The van der Waals surface area contributed by atoms with Gasteiger partial charge in [0.15, 0.2) is 5.76 Å². The maximum atomic E-state index is 6.34. The Balaban J connectivity index is 1.76. The predicted molar refractivity (Wildman–Crippen MR) is 110 cm³/mol. The van der Waals surface area contributed by atoms with E-state index in [4.69, 9.17) is 9.40 Å². The molecule has 0 bridgehead atoms. The summed E-state index contributed by atoms with van der Waals surface area (Å²) in [6.45, 7) is 0. The van der Waals surface area contributed by atoms with Crippen molar-refractivity contribution >= 4 is 10.8 Å². The topological polar surface area (TPSA) is 26.0 Å². The van der Waals surface area contributed by atoms with Crippen LogP contribution in [-0.4, -0.2) is 4.98 Å². The van der Waals surface area contributed by atoms with Gasteiger partial charge in [-0.05, 0) is 16.8 Å². The summed E-state index contributed by atoms with van der Waals surface area (Å²) in [5, 5.41) is 2.32.